The van der Waals surface area contributed by atoms with Crippen molar-refractivity contribution in [3.8, 4) is 44.8 Å². The molecule has 0 spiro atoms. The van der Waals surface area contributed by atoms with Crippen LogP contribution >= 0.6 is 0 Å². The summed E-state index contributed by atoms with van der Waals surface area (Å²) in [6, 6.07) is 64.4. The highest BCUT2D eigenvalue weighted by molar-refractivity contribution is 6.10. The average molecular weight is 679 g/mol. The Labute approximate surface area is 309 Å². The summed E-state index contributed by atoms with van der Waals surface area (Å²) in [5.74, 6) is 0. The molecule has 8 aromatic carbocycles. The molecule has 0 aliphatic heterocycles. The van der Waals surface area contributed by atoms with Gasteiger partial charge in [0, 0.05) is 32.9 Å². The first-order valence-electron chi connectivity index (χ1n) is 18.4. The SMILES string of the molecule is Cc1cc(-n2c3ccccc3c3ccccc32)ccc1-c1cc(C)c(-c2ccc(-n3c4ccccc4c4ccccc43)cc2-c2ccccc2)cc1C. The van der Waals surface area contributed by atoms with E-state index < -0.39 is 0 Å². The second kappa shape index (κ2) is 12.3. The highest BCUT2D eigenvalue weighted by Crippen LogP contribution is 2.41. The lowest BCUT2D eigenvalue weighted by molar-refractivity contribution is 1.17. The second-order valence-corrected chi connectivity index (χ2v) is 14.3. The lowest BCUT2D eigenvalue weighted by atomic mass is 9.87. The molecule has 0 atom stereocenters. The third-order valence-electron chi connectivity index (χ3n) is 11.1. The van der Waals surface area contributed by atoms with E-state index in [9.17, 15) is 0 Å². The van der Waals surface area contributed by atoms with E-state index in [-0.39, 0.29) is 0 Å². The molecule has 10 rings (SSSR count). The van der Waals surface area contributed by atoms with Gasteiger partial charge in [-0.25, -0.2) is 0 Å². The van der Waals surface area contributed by atoms with Crippen LogP contribution in [0.1, 0.15) is 16.7 Å². The highest BCUT2D eigenvalue weighted by atomic mass is 15.0. The number of nitrogens with zero attached hydrogens (tertiary/aromatic N) is 2. The van der Waals surface area contributed by atoms with Crippen molar-refractivity contribution in [1.82, 2.24) is 9.13 Å². The molecule has 2 aromatic heterocycles. The summed E-state index contributed by atoms with van der Waals surface area (Å²) in [6.45, 7) is 6.76. The van der Waals surface area contributed by atoms with Crippen molar-refractivity contribution in [3.05, 3.63) is 193 Å². The molecule has 0 saturated heterocycles. The molecule has 0 bridgehead atoms. The molecule has 0 aliphatic carbocycles. The molecule has 0 N–H and O–H groups in total. The smallest absolute Gasteiger partial charge is 0.0541 e. The highest BCUT2D eigenvalue weighted by Gasteiger charge is 2.18. The van der Waals surface area contributed by atoms with E-state index in [0.29, 0.717) is 0 Å². The molecule has 0 fully saturated rings. The molecule has 252 valence electrons. The quantitative estimate of drug-likeness (QED) is 0.171. The Balaban J connectivity index is 1.09. The maximum Gasteiger partial charge on any atom is 0.0541 e. The number of aromatic nitrogens is 2. The lowest BCUT2D eigenvalue weighted by Crippen LogP contribution is -1.98. The van der Waals surface area contributed by atoms with Crippen LogP contribution in [0.15, 0.2) is 176 Å². The van der Waals surface area contributed by atoms with E-state index in [0.717, 1.165) is 5.69 Å². The first kappa shape index (κ1) is 31.1. The zero-order valence-electron chi connectivity index (χ0n) is 30.1. The van der Waals surface area contributed by atoms with Gasteiger partial charge >= 0.3 is 0 Å². The minimum atomic E-state index is 1.16. The Bertz CT molecular complexity index is 2920. The molecular formula is C51H38N2. The molecule has 2 heterocycles. The van der Waals surface area contributed by atoms with Gasteiger partial charge in [-0.05, 0) is 119 Å². The van der Waals surface area contributed by atoms with Crippen molar-refractivity contribution >= 4 is 43.6 Å². The van der Waals surface area contributed by atoms with E-state index in [1.165, 1.54) is 99.4 Å². The van der Waals surface area contributed by atoms with E-state index in [1.807, 2.05) is 0 Å². The van der Waals surface area contributed by atoms with Crippen LogP contribution in [0.5, 0.6) is 0 Å². The molecule has 0 amide bonds. The number of hydrogen-bond acceptors (Lipinski definition) is 0. The molecule has 2 nitrogen and oxygen atoms in total. The van der Waals surface area contributed by atoms with Gasteiger partial charge in [-0.3, -0.25) is 0 Å². The summed E-state index contributed by atoms with van der Waals surface area (Å²) in [4.78, 5) is 0. The fourth-order valence-corrected chi connectivity index (χ4v) is 8.65. The standard InChI is InChI=1S/C51H38N2/c1-33-29-37(52-48-21-11-7-17-41(48)42-18-8-12-22-49(42)52)25-27-39(33)45-30-35(3)46(31-34(45)2)40-28-26-38(32-47(40)36-15-5-4-6-16-36)53-50-23-13-9-19-43(50)44-20-10-14-24-51(44)53/h4-32H,1-3H3. The van der Waals surface area contributed by atoms with Crippen LogP contribution < -0.4 is 0 Å². The Morgan fingerprint density at radius 2 is 0.660 bits per heavy atom. The normalized spacial score (nSPS) is 11.7. The maximum absolute atomic E-state index is 2.41. The van der Waals surface area contributed by atoms with Crippen molar-refractivity contribution in [2.45, 2.75) is 20.8 Å². The third-order valence-corrected chi connectivity index (χ3v) is 11.1. The second-order valence-electron chi connectivity index (χ2n) is 14.3. The van der Waals surface area contributed by atoms with E-state index in [2.05, 4.69) is 206 Å². The van der Waals surface area contributed by atoms with Crippen molar-refractivity contribution in [1.29, 1.82) is 0 Å². The van der Waals surface area contributed by atoms with Gasteiger partial charge in [0.2, 0.25) is 0 Å². The van der Waals surface area contributed by atoms with Gasteiger partial charge in [-0.2, -0.15) is 0 Å². The van der Waals surface area contributed by atoms with Gasteiger partial charge in [0.25, 0.3) is 0 Å². The average Bonchev–Trinajstić information content (AvgIpc) is 3.72. The maximum atomic E-state index is 2.41. The predicted octanol–water partition coefficient (Wildman–Crippen LogP) is 13.8. The third kappa shape index (κ3) is 4.94. The van der Waals surface area contributed by atoms with Crippen LogP contribution in [0, 0.1) is 20.8 Å². The summed E-state index contributed by atoms with van der Waals surface area (Å²) in [6.07, 6.45) is 0. The van der Waals surface area contributed by atoms with E-state index in [4.69, 9.17) is 0 Å². The van der Waals surface area contributed by atoms with Gasteiger partial charge in [0.15, 0.2) is 0 Å². The summed E-state index contributed by atoms with van der Waals surface area (Å²) in [5, 5.41) is 5.11. The van der Waals surface area contributed by atoms with Crippen LogP contribution in [0.25, 0.3) is 88.4 Å². The summed E-state index contributed by atoms with van der Waals surface area (Å²) < 4.78 is 4.81. The number of benzene rings is 8. The van der Waals surface area contributed by atoms with E-state index >= 15 is 0 Å². The van der Waals surface area contributed by atoms with Crippen molar-refractivity contribution in [2.75, 3.05) is 0 Å². The van der Waals surface area contributed by atoms with Gasteiger partial charge < -0.3 is 9.13 Å². The monoisotopic (exact) mass is 678 g/mol. The first-order chi connectivity index (χ1) is 26.0. The fraction of sp³-hybridized carbons (Fsp3) is 0.0588. The first-order valence-corrected chi connectivity index (χ1v) is 18.4. The Kier molecular flexibility index (Phi) is 7.19. The Morgan fingerprint density at radius 3 is 1.13 bits per heavy atom. The van der Waals surface area contributed by atoms with Crippen molar-refractivity contribution < 1.29 is 0 Å². The minimum Gasteiger partial charge on any atom is -0.309 e. The van der Waals surface area contributed by atoms with Crippen LogP contribution in [-0.2, 0) is 0 Å². The zero-order valence-corrected chi connectivity index (χ0v) is 30.1. The number of rotatable bonds is 5. The van der Waals surface area contributed by atoms with Gasteiger partial charge in [0.05, 0.1) is 22.1 Å². The topological polar surface area (TPSA) is 9.86 Å². The van der Waals surface area contributed by atoms with Crippen LogP contribution in [-0.4, -0.2) is 9.13 Å². The molecule has 0 saturated carbocycles. The lowest BCUT2D eigenvalue weighted by Gasteiger charge is -2.19. The van der Waals surface area contributed by atoms with Crippen LogP contribution in [0.2, 0.25) is 0 Å². The number of aryl methyl sites for hydroxylation is 3. The number of hydrogen-bond donors (Lipinski definition) is 0. The van der Waals surface area contributed by atoms with Crippen LogP contribution in [0.4, 0.5) is 0 Å². The largest absolute Gasteiger partial charge is 0.309 e. The van der Waals surface area contributed by atoms with E-state index in [1.54, 1.807) is 0 Å². The molecule has 53 heavy (non-hydrogen) atoms. The predicted molar refractivity (Wildman–Crippen MR) is 226 cm³/mol. The van der Waals surface area contributed by atoms with Crippen molar-refractivity contribution in [3.63, 3.8) is 0 Å². The molecule has 10 aromatic rings. The summed E-state index contributed by atoms with van der Waals surface area (Å²) >= 11 is 0. The van der Waals surface area contributed by atoms with Gasteiger partial charge in [-0.1, -0.05) is 127 Å². The van der Waals surface area contributed by atoms with Gasteiger partial charge in [0.1, 0.15) is 0 Å². The molecular weight excluding hydrogens is 641 g/mol. The number of fused-ring (bicyclic) bond motifs is 6. The fourth-order valence-electron chi connectivity index (χ4n) is 8.65. The molecule has 0 radical (unpaired) electrons. The summed E-state index contributed by atoms with van der Waals surface area (Å²) in [7, 11) is 0. The van der Waals surface area contributed by atoms with Crippen LogP contribution in [0.3, 0.4) is 0 Å². The summed E-state index contributed by atoms with van der Waals surface area (Å²) in [5.41, 5.74) is 18.5. The van der Waals surface area contributed by atoms with Gasteiger partial charge in [-0.15, -0.1) is 0 Å². The molecule has 2 heteroatoms. The zero-order chi connectivity index (χ0) is 35.6. The molecule has 0 aliphatic rings. The Hall–Kier alpha value is -6.64. The molecule has 0 unspecified atom stereocenters. The van der Waals surface area contributed by atoms with Crippen molar-refractivity contribution in [2.24, 2.45) is 0 Å². The Morgan fingerprint density at radius 1 is 0.283 bits per heavy atom. The number of para-hydroxylation sites is 4. The minimum absolute atomic E-state index is 1.16.